The maximum absolute atomic E-state index is 4.38. The number of fused-ring (bicyclic) bond motifs is 2. The van der Waals surface area contributed by atoms with E-state index in [1.165, 1.54) is 10.8 Å². The molecule has 4 nitrogen and oxygen atoms in total. The van der Waals surface area contributed by atoms with Crippen LogP contribution < -0.4 is 10.6 Å². The largest absolute Gasteiger partial charge is 0.368 e. The Morgan fingerprint density at radius 2 is 1.23 bits per heavy atom. The first-order valence-corrected chi connectivity index (χ1v) is 8.00. The van der Waals surface area contributed by atoms with E-state index >= 15 is 0 Å². The highest BCUT2D eigenvalue weighted by Gasteiger charge is 2.10. The van der Waals surface area contributed by atoms with Crippen LogP contribution in [0.3, 0.4) is 0 Å². The molecule has 22 heavy (non-hydrogen) atoms. The second-order valence-electron chi connectivity index (χ2n) is 5.50. The third kappa shape index (κ3) is 2.82. The molecule has 4 heteroatoms. The van der Waals surface area contributed by atoms with Crippen LogP contribution in [0.25, 0.3) is 21.5 Å². The molecule has 0 bridgehead atoms. The molecule has 2 aromatic carbocycles. The Morgan fingerprint density at radius 1 is 0.773 bits per heavy atom. The van der Waals surface area contributed by atoms with Gasteiger partial charge in [0.1, 0.15) is 0 Å². The van der Waals surface area contributed by atoms with Crippen LogP contribution in [0.15, 0.2) is 36.4 Å². The molecule has 0 saturated carbocycles. The van der Waals surface area contributed by atoms with Crippen molar-refractivity contribution in [1.29, 1.82) is 0 Å². The van der Waals surface area contributed by atoms with Crippen molar-refractivity contribution in [3.05, 3.63) is 36.4 Å². The molecule has 3 aromatic rings. The summed E-state index contributed by atoms with van der Waals surface area (Å²) in [5.41, 5.74) is 0. The van der Waals surface area contributed by atoms with E-state index in [-0.39, 0.29) is 0 Å². The van der Waals surface area contributed by atoms with Crippen molar-refractivity contribution >= 4 is 33.2 Å². The van der Waals surface area contributed by atoms with E-state index in [9.17, 15) is 0 Å². The zero-order chi connectivity index (χ0) is 15.4. The first-order chi connectivity index (χ1) is 10.8. The third-order valence-electron chi connectivity index (χ3n) is 3.73. The summed E-state index contributed by atoms with van der Waals surface area (Å²) < 4.78 is 0. The molecule has 0 radical (unpaired) electrons. The Balaban J connectivity index is 2.18. The molecule has 0 unspecified atom stereocenters. The van der Waals surface area contributed by atoms with Crippen molar-refractivity contribution in [3.8, 4) is 0 Å². The molecule has 0 saturated heterocycles. The summed E-state index contributed by atoms with van der Waals surface area (Å²) in [6, 6.07) is 12.8. The minimum Gasteiger partial charge on any atom is -0.368 e. The monoisotopic (exact) mass is 294 g/mol. The Labute approximate surface area is 130 Å². The van der Waals surface area contributed by atoms with Crippen LogP contribution in [0.5, 0.6) is 0 Å². The highest BCUT2D eigenvalue weighted by atomic mass is 15.2. The third-order valence-corrected chi connectivity index (χ3v) is 3.73. The Kier molecular flexibility index (Phi) is 4.37. The minimum atomic E-state index is 0.865. The quantitative estimate of drug-likeness (QED) is 0.660. The van der Waals surface area contributed by atoms with Crippen molar-refractivity contribution in [2.45, 2.75) is 26.7 Å². The molecule has 0 spiro atoms. The summed E-state index contributed by atoms with van der Waals surface area (Å²) in [7, 11) is 0. The van der Waals surface area contributed by atoms with Crippen molar-refractivity contribution in [1.82, 2.24) is 10.2 Å². The smallest absolute Gasteiger partial charge is 0.156 e. The lowest BCUT2D eigenvalue weighted by atomic mass is 10.0. The zero-order valence-corrected chi connectivity index (χ0v) is 13.2. The standard InChI is InChI=1S/C18H22N4/c1-3-9-19-17-15-11-13-7-5-6-8-14(13)12-16(15)18(22-21-17)20-10-4-2/h5-8,11-12H,3-4,9-10H2,1-2H3,(H,19,21)(H,20,22). The molecule has 114 valence electrons. The number of rotatable bonds is 6. The van der Waals surface area contributed by atoms with Gasteiger partial charge in [0.25, 0.3) is 0 Å². The molecule has 0 aliphatic heterocycles. The molecular weight excluding hydrogens is 272 g/mol. The van der Waals surface area contributed by atoms with E-state index in [1.807, 2.05) is 0 Å². The van der Waals surface area contributed by atoms with Gasteiger partial charge in [-0.2, -0.15) is 0 Å². The van der Waals surface area contributed by atoms with Gasteiger partial charge in [-0.3, -0.25) is 0 Å². The highest BCUT2D eigenvalue weighted by molar-refractivity contribution is 6.06. The van der Waals surface area contributed by atoms with Crippen molar-refractivity contribution in [3.63, 3.8) is 0 Å². The fraction of sp³-hybridized carbons (Fsp3) is 0.333. The maximum Gasteiger partial charge on any atom is 0.156 e. The lowest BCUT2D eigenvalue weighted by Gasteiger charge is -2.12. The molecule has 2 N–H and O–H groups in total. The predicted octanol–water partition coefficient (Wildman–Crippen LogP) is 4.43. The number of aromatic nitrogens is 2. The molecule has 0 atom stereocenters. The minimum absolute atomic E-state index is 0.865. The SMILES string of the molecule is CCCNc1nnc(NCCC)c2cc3ccccc3cc12. The van der Waals surface area contributed by atoms with Gasteiger partial charge < -0.3 is 10.6 Å². The van der Waals surface area contributed by atoms with Gasteiger partial charge in [0.2, 0.25) is 0 Å². The Bertz CT molecular complexity index is 716. The van der Waals surface area contributed by atoms with Gasteiger partial charge in [0.05, 0.1) is 0 Å². The topological polar surface area (TPSA) is 49.8 Å². The first kappa shape index (κ1) is 14.6. The highest BCUT2D eigenvalue weighted by Crippen LogP contribution is 2.30. The summed E-state index contributed by atoms with van der Waals surface area (Å²) in [4.78, 5) is 0. The molecule has 0 aliphatic rings. The number of nitrogens with zero attached hydrogens (tertiary/aromatic N) is 2. The van der Waals surface area contributed by atoms with E-state index < -0.39 is 0 Å². The second kappa shape index (κ2) is 6.60. The first-order valence-electron chi connectivity index (χ1n) is 8.00. The van der Waals surface area contributed by atoms with E-state index in [4.69, 9.17) is 0 Å². The number of anilines is 2. The molecule has 3 rings (SSSR count). The van der Waals surface area contributed by atoms with Crippen LogP contribution in [0.4, 0.5) is 11.6 Å². The van der Waals surface area contributed by atoms with E-state index in [2.05, 4.69) is 71.1 Å². The number of nitrogens with one attached hydrogen (secondary N) is 2. The summed E-state index contributed by atoms with van der Waals surface area (Å²) in [6.07, 6.45) is 2.12. The van der Waals surface area contributed by atoms with Gasteiger partial charge in [-0.1, -0.05) is 38.1 Å². The molecule has 0 fully saturated rings. The van der Waals surface area contributed by atoms with Crippen LogP contribution in [-0.2, 0) is 0 Å². The van der Waals surface area contributed by atoms with Crippen molar-refractivity contribution in [2.75, 3.05) is 23.7 Å². The fourth-order valence-corrected chi connectivity index (χ4v) is 2.59. The van der Waals surface area contributed by atoms with Crippen LogP contribution in [0, 0.1) is 0 Å². The molecule has 0 aliphatic carbocycles. The van der Waals surface area contributed by atoms with Gasteiger partial charge in [-0.25, -0.2) is 0 Å². The van der Waals surface area contributed by atoms with Gasteiger partial charge in [-0.15, -0.1) is 10.2 Å². The molecule has 1 heterocycles. The normalized spacial score (nSPS) is 11.0. The Hall–Kier alpha value is -2.36. The van der Waals surface area contributed by atoms with Gasteiger partial charge >= 0.3 is 0 Å². The van der Waals surface area contributed by atoms with E-state index in [0.29, 0.717) is 0 Å². The average Bonchev–Trinajstić information content (AvgIpc) is 2.57. The van der Waals surface area contributed by atoms with Crippen LogP contribution in [0.1, 0.15) is 26.7 Å². The van der Waals surface area contributed by atoms with Crippen molar-refractivity contribution < 1.29 is 0 Å². The predicted molar refractivity (Wildman–Crippen MR) is 94.6 cm³/mol. The molecule has 1 aromatic heterocycles. The molecule has 0 amide bonds. The lowest BCUT2D eigenvalue weighted by molar-refractivity contribution is 0.934. The summed E-state index contributed by atoms with van der Waals surface area (Å²) in [5, 5.41) is 20.2. The molecular formula is C18H22N4. The average molecular weight is 294 g/mol. The second-order valence-corrected chi connectivity index (χ2v) is 5.50. The summed E-state index contributed by atoms with van der Waals surface area (Å²) in [6.45, 7) is 6.10. The lowest BCUT2D eigenvalue weighted by Crippen LogP contribution is -2.08. The van der Waals surface area contributed by atoms with E-state index in [0.717, 1.165) is 48.3 Å². The fourth-order valence-electron chi connectivity index (χ4n) is 2.59. The van der Waals surface area contributed by atoms with E-state index in [1.54, 1.807) is 0 Å². The van der Waals surface area contributed by atoms with Crippen LogP contribution >= 0.6 is 0 Å². The van der Waals surface area contributed by atoms with Gasteiger partial charge in [0, 0.05) is 23.9 Å². The van der Waals surface area contributed by atoms with Crippen LogP contribution in [0.2, 0.25) is 0 Å². The maximum atomic E-state index is 4.38. The van der Waals surface area contributed by atoms with Gasteiger partial charge in [0.15, 0.2) is 11.6 Å². The van der Waals surface area contributed by atoms with Crippen LogP contribution in [-0.4, -0.2) is 23.3 Å². The number of hydrogen-bond donors (Lipinski definition) is 2. The summed E-state index contributed by atoms with van der Waals surface area (Å²) in [5.74, 6) is 1.73. The Morgan fingerprint density at radius 3 is 1.64 bits per heavy atom. The summed E-state index contributed by atoms with van der Waals surface area (Å²) >= 11 is 0. The van der Waals surface area contributed by atoms with Gasteiger partial charge in [-0.05, 0) is 35.7 Å². The number of hydrogen-bond acceptors (Lipinski definition) is 4. The number of benzene rings is 2. The zero-order valence-electron chi connectivity index (χ0n) is 13.2. The van der Waals surface area contributed by atoms with Crippen molar-refractivity contribution in [2.24, 2.45) is 0 Å².